The monoisotopic (exact) mass is 372 g/mol. The average molecular weight is 373 g/mol. The predicted octanol–water partition coefficient (Wildman–Crippen LogP) is 3.17. The lowest BCUT2D eigenvalue weighted by molar-refractivity contribution is -0.147. The number of carbonyl (C=O) groups is 2. The van der Waals surface area contributed by atoms with Crippen LogP contribution >= 0.6 is 12.4 Å². The van der Waals surface area contributed by atoms with Gasteiger partial charge in [0.05, 0.1) is 0 Å². The van der Waals surface area contributed by atoms with Crippen molar-refractivity contribution in [2.45, 2.75) is 58.3 Å². The number of halogens is 1. The number of ether oxygens (including phenoxy) is 2. The molecule has 0 saturated carbocycles. The van der Waals surface area contributed by atoms with Gasteiger partial charge in [-0.15, -0.1) is 12.4 Å². The quantitative estimate of drug-likeness (QED) is 0.540. The average Bonchev–Trinajstić information content (AvgIpc) is 2.51. The summed E-state index contributed by atoms with van der Waals surface area (Å²) in [6.07, 6.45) is 1.33. The van der Waals surface area contributed by atoms with Crippen LogP contribution in [0.1, 0.15) is 45.6 Å². The van der Waals surface area contributed by atoms with E-state index in [4.69, 9.17) is 15.2 Å². The molecule has 0 fully saturated rings. The molecule has 1 aromatic rings. The molecule has 25 heavy (non-hydrogen) atoms. The van der Waals surface area contributed by atoms with Crippen LogP contribution < -0.4 is 11.1 Å². The largest absolute Gasteiger partial charge is 0.459 e. The molecule has 0 aliphatic carbocycles. The Morgan fingerprint density at radius 2 is 1.80 bits per heavy atom. The van der Waals surface area contributed by atoms with E-state index in [9.17, 15) is 9.59 Å². The minimum absolute atomic E-state index is 0. The lowest BCUT2D eigenvalue weighted by Crippen LogP contribution is -2.44. The Morgan fingerprint density at radius 3 is 2.36 bits per heavy atom. The van der Waals surface area contributed by atoms with Crippen molar-refractivity contribution in [2.24, 2.45) is 5.73 Å². The Bertz CT molecular complexity index is 518. The van der Waals surface area contributed by atoms with Crippen LogP contribution in [0, 0.1) is 0 Å². The van der Waals surface area contributed by atoms with Crippen LogP contribution in [0.2, 0.25) is 0 Å². The first-order chi connectivity index (χ1) is 11.3. The zero-order valence-electron chi connectivity index (χ0n) is 15.1. The summed E-state index contributed by atoms with van der Waals surface area (Å²) in [6.45, 7) is 6.01. The van der Waals surface area contributed by atoms with Crippen molar-refractivity contribution >= 4 is 24.5 Å². The van der Waals surface area contributed by atoms with E-state index < -0.39 is 23.7 Å². The fraction of sp³-hybridized carbons (Fsp3) is 0.556. The minimum atomic E-state index is -0.741. The van der Waals surface area contributed by atoms with Crippen molar-refractivity contribution in [1.29, 1.82) is 0 Å². The van der Waals surface area contributed by atoms with Crippen molar-refractivity contribution in [2.75, 3.05) is 6.54 Å². The van der Waals surface area contributed by atoms with Crippen molar-refractivity contribution < 1.29 is 19.1 Å². The van der Waals surface area contributed by atoms with Gasteiger partial charge >= 0.3 is 12.1 Å². The summed E-state index contributed by atoms with van der Waals surface area (Å²) in [7, 11) is 0. The molecule has 1 aromatic carbocycles. The van der Waals surface area contributed by atoms with Crippen molar-refractivity contribution in [1.82, 2.24) is 5.32 Å². The SMILES string of the molecule is CC(C)(C)OC(=O)N[C@@H](CCCCN)C(=O)OCc1ccccc1.Cl. The molecule has 142 valence electrons. The topological polar surface area (TPSA) is 90.6 Å². The van der Waals surface area contributed by atoms with E-state index >= 15 is 0 Å². The van der Waals surface area contributed by atoms with Gasteiger partial charge < -0.3 is 20.5 Å². The first kappa shape index (κ1) is 23.2. The Balaban J connectivity index is 0.00000576. The predicted molar refractivity (Wildman–Crippen MR) is 99.5 cm³/mol. The van der Waals surface area contributed by atoms with E-state index in [-0.39, 0.29) is 19.0 Å². The number of esters is 1. The maximum absolute atomic E-state index is 12.3. The third-order valence-corrected chi connectivity index (χ3v) is 3.15. The van der Waals surface area contributed by atoms with Gasteiger partial charge in [-0.2, -0.15) is 0 Å². The lowest BCUT2D eigenvalue weighted by atomic mass is 10.1. The summed E-state index contributed by atoms with van der Waals surface area (Å²) in [5, 5.41) is 2.59. The third-order valence-electron chi connectivity index (χ3n) is 3.15. The summed E-state index contributed by atoms with van der Waals surface area (Å²) < 4.78 is 10.5. The van der Waals surface area contributed by atoms with E-state index in [1.165, 1.54) is 0 Å². The molecule has 1 rings (SSSR count). The maximum Gasteiger partial charge on any atom is 0.408 e. The van der Waals surface area contributed by atoms with Crippen molar-refractivity contribution in [3.63, 3.8) is 0 Å². The second kappa shape index (κ2) is 11.7. The number of nitrogens with two attached hydrogens (primary N) is 1. The highest BCUT2D eigenvalue weighted by atomic mass is 35.5. The molecule has 0 radical (unpaired) electrons. The number of hydrogen-bond donors (Lipinski definition) is 2. The smallest absolute Gasteiger partial charge is 0.408 e. The Labute approximate surface area is 155 Å². The van der Waals surface area contributed by atoms with E-state index in [0.717, 1.165) is 18.4 Å². The van der Waals surface area contributed by atoms with E-state index in [1.807, 2.05) is 30.3 Å². The molecule has 0 spiro atoms. The highest BCUT2D eigenvalue weighted by Gasteiger charge is 2.25. The molecule has 0 saturated heterocycles. The molecular weight excluding hydrogens is 344 g/mol. The number of nitrogens with one attached hydrogen (secondary N) is 1. The number of unbranched alkanes of at least 4 members (excludes halogenated alkanes) is 1. The number of rotatable bonds is 8. The van der Waals surface area contributed by atoms with Crippen molar-refractivity contribution in [3.05, 3.63) is 35.9 Å². The zero-order chi connectivity index (χ0) is 18.0. The first-order valence-corrected chi connectivity index (χ1v) is 8.22. The molecule has 0 unspecified atom stereocenters. The fourth-order valence-corrected chi connectivity index (χ4v) is 2.02. The number of alkyl carbamates (subject to hydrolysis) is 1. The highest BCUT2D eigenvalue weighted by Crippen LogP contribution is 2.10. The number of carbonyl (C=O) groups excluding carboxylic acids is 2. The Kier molecular flexibility index (Phi) is 10.9. The molecule has 0 bridgehead atoms. The number of amides is 1. The standard InChI is InChI=1S/C18H28N2O4.ClH/c1-18(2,3)24-17(22)20-15(11-7-8-12-19)16(21)23-13-14-9-5-4-6-10-14;/h4-6,9-10,15H,7-8,11-13,19H2,1-3H3,(H,20,22);1H/t15-;/m0./s1. The molecule has 0 heterocycles. The molecule has 0 aliphatic heterocycles. The van der Waals surface area contributed by atoms with E-state index in [0.29, 0.717) is 13.0 Å². The van der Waals surface area contributed by atoms with Gasteiger partial charge in [-0.25, -0.2) is 9.59 Å². The second-order valence-electron chi connectivity index (χ2n) is 6.58. The van der Waals surface area contributed by atoms with Gasteiger partial charge in [-0.3, -0.25) is 0 Å². The fourth-order valence-electron chi connectivity index (χ4n) is 2.02. The van der Waals surface area contributed by atoms with Crippen LogP contribution in [0.3, 0.4) is 0 Å². The van der Waals surface area contributed by atoms with Gasteiger partial charge in [0, 0.05) is 0 Å². The zero-order valence-corrected chi connectivity index (χ0v) is 15.9. The Hall–Kier alpha value is -1.79. The van der Waals surface area contributed by atoms with E-state index in [1.54, 1.807) is 20.8 Å². The molecule has 0 aromatic heterocycles. The summed E-state index contributed by atoms with van der Waals surface area (Å²) in [6, 6.07) is 8.65. The summed E-state index contributed by atoms with van der Waals surface area (Å²) in [5.41, 5.74) is 5.75. The molecular formula is C18H29ClN2O4. The van der Waals surface area contributed by atoms with Gasteiger partial charge in [-0.1, -0.05) is 30.3 Å². The summed E-state index contributed by atoms with van der Waals surface area (Å²) in [5.74, 6) is -0.471. The second-order valence-corrected chi connectivity index (χ2v) is 6.58. The van der Waals surface area contributed by atoms with Gasteiger partial charge in [0.2, 0.25) is 0 Å². The summed E-state index contributed by atoms with van der Waals surface area (Å²) >= 11 is 0. The number of benzene rings is 1. The third kappa shape index (κ3) is 10.6. The summed E-state index contributed by atoms with van der Waals surface area (Å²) in [4.78, 5) is 24.2. The van der Waals surface area contributed by atoms with Crippen LogP contribution in [0.15, 0.2) is 30.3 Å². The van der Waals surface area contributed by atoms with Gasteiger partial charge in [0.25, 0.3) is 0 Å². The van der Waals surface area contributed by atoms with Crippen LogP contribution in [-0.4, -0.2) is 30.3 Å². The van der Waals surface area contributed by atoms with Crippen molar-refractivity contribution in [3.8, 4) is 0 Å². The number of hydrogen-bond acceptors (Lipinski definition) is 5. The molecule has 1 atom stereocenters. The van der Waals surface area contributed by atoms with Crippen LogP contribution in [0.5, 0.6) is 0 Å². The van der Waals surface area contributed by atoms with Gasteiger partial charge in [0.1, 0.15) is 18.2 Å². The van der Waals surface area contributed by atoms with Gasteiger partial charge in [-0.05, 0) is 52.1 Å². The normalized spacial score (nSPS) is 11.8. The Morgan fingerprint density at radius 1 is 1.16 bits per heavy atom. The lowest BCUT2D eigenvalue weighted by Gasteiger charge is -2.23. The van der Waals surface area contributed by atoms with Crippen LogP contribution in [0.25, 0.3) is 0 Å². The molecule has 3 N–H and O–H groups in total. The van der Waals surface area contributed by atoms with Crippen LogP contribution in [0.4, 0.5) is 4.79 Å². The first-order valence-electron chi connectivity index (χ1n) is 8.22. The molecule has 0 aliphatic rings. The maximum atomic E-state index is 12.3. The molecule has 7 heteroatoms. The minimum Gasteiger partial charge on any atom is -0.459 e. The molecule has 6 nitrogen and oxygen atoms in total. The molecule has 1 amide bonds. The van der Waals surface area contributed by atoms with Crippen LogP contribution in [-0.2, 0) is 20.9 Å². The van der Waals surface area contributed by atoms with E-state index in [2.05, 4.69) is 5.32 Å². The van der Waals surface area contributed by atoms with Gasteiger partial charge in [0.15, 0.2) is 0 Å². The highest BCUT2D eigenvalue weighted by molar-refractivity contribution is 5.85.